The fraction of sp³-hybridized carbons (Fsp3) is 0.889. The van der Waals surface area contributed by atoms with E-state index in [9.17, 15) is 9.59 Å². The maximum absolute atomic E-state index is 12.5. The molecular weight excluding hydrogens is 290 g/mol. The molecule has 2 amide bonds. The Bertz CT molecular complexity index is 426. The molecule has 3 aliphatic rings. The molecule has 1 atom stereocenters. The molecule has 1 unspecified atom stereocenters. The van der Waals surface area contributed by atoms with Crippen molar-refractivity contribution in [3.8, 4) is 0 Å². The van der Waals surface area contributed by atoms with Gasteiger partial charge in [0.05, 0.1) is 12.5 Å². The molecule has 1 N–H and O–H groups in total. The van der Waals surface area contributed by atoms with Crippen LogP contribution in [-0.2, 0) is 9.59 Å². The third kappa shape index (κ3) is 4.46. The van der Waals surface area contributed by atoms with Crippen molar-refractivity contribution < 1.29 is 9.59 Å². The summed E-state index contributed by atoms with van der Waals surface area (Å²) in [6.45, 7) is 6.24. The normalized spacial score (nSPS) is 27.5. The molecule has 1 aliphatic carbocycles. The number of likely N-dealkylation sites (tertiary alicyclic amines) is 2. The highest BCUT2D eigenvalue weighted by Gasteiger charge is 2.33. The summed E-state index contributed by atoms with van der Waals surface area (Å²) in [5, 5.41) is 3.18. The number of piperidine rings is 1. The first kappa shape index (κ1) is 16.7. The number of rotatable bonds is 4. The van der Waals surface area contributed by atoms with Crippen LogP contribution in [0.4, 0.5) is 0 Å². The number of amides is 2. The van der Waals surface area contributed by atoms with Crippen LogP contribution in [0.3, 0.4) is 0 Å². The molecule has 5 nitrogen and oxygen atoms in total. The molecule has 0 aromatic rings. The van der Waals surface area contributed by atoms with Crippen molar-refractivity contribution in [2.24, 2.45) is 11.8 Å². The van der Waals surface area contributed by atoms with Gasteiger partial charge in [0.15, 0.2) is 0 Å². The highest BCUT2D eigenvalue weighted by Crippen LogP contribution is 2.22. The Balaban J connectivity index is 1.41. The SMILES string of the molecule is CC1CCN(CC(=O)N2CCC(C(=O)NC3CCCC3)C2)CC1. The van der Waals surface area contributed by atoms with Crippen molar-refractivity contribution >= 4 is 11.8 Å². The van der Waals surface area contributed by atoms with E-state index >= 15 is 0 Å². The van der Waals surface area contributed by atoms with E-state index in [-0.39, 0.29) is 17.7 Å². The van der Waals surface area contributed by atoms with Gasteiger partial charge < -0.3 is 10.2 Å². The Labute approximate surface area is 139 Å². The smallest absolute Gasteiger partial charge is 0.236 e. The van der Waals surface area contributed by atoms with Crippen LogP contribution >= 0.6 is 0 Å². The lowest BCUT2D eigenvalue weighted by Crippen LogP contribution is -2.43. The second-order valence-corrected chi connectivity index (χ2v) is 7.77. The zero-order valence-electron chi connectivity index (χ0n) is 14.4. The molecule has 3 rings (SSSR count). The van der Waals surface area contributed by atoms with Crippen molar-refractivity contribution in [1.82, 2.24) is 15.1 Å². The summed E-state index contributed by atoms with van der Waals surface area (Å²) >= 11 is 0. The van der Waals surface area contributed by atoms with E-state index in [4.69, 9.17) is 0 Å². The predicted octanol–water partition coefficient (Wildman–Crippen LogP) is 1.63. The second-order valence-electron chi connectivity index (χ2n) is 7.77. The Morgan fingerprint density at radius 1 is 1.00 bits per heavy atom. The summed E-state index contributed by atoms with van der Waals surface area (Å²) in [7, 11) is 0. The molecule has 23 heavy (non-hydrogen) atoms. The molecule has 0 aromatic heterocycles. The summed E-state index contributed by atoms with van der Waals surface area (Å²) < 4.78 is 0. The quantitative estimate of drug-likeness (QED) is 0.856. The number of nitrogens with zero attached hydrogens (tertiary/aromatic N) is 2. The first-order chi connectivity index (χ1) is 11.1. The molecule has 2 aliphatic heterocycles. The second kappa shape index (κ2) is 7.65. The average Bonchev–Trinajstić information content (AvgIpc) is 3.20. The zero-order chi connectivity index (χ0) is 16.2. The highest BCUT2D eigenvalue weighted by molar-refractivity contribution is 5.83. The summed E-state index contributed by atoms with van der Waals surface area (Å²) in [4.78, 5) is 29.0. The van der Waals surface area contributed by atoms with Gasteiger partial charge in [-0.15, -0.1) is 0 Å². The molecule has 0 radical (unpaired) electrons. The van der Waals surface area contributed by atoms with E-state index in [1.54, 1.807) is 0 Å². The standard InChI is InChI=1S/C18H31N3O2/c1-14-6-9-20(10-7-14)13-17(22)21-11-8-15(12-21)18(23)19-16-4-2-3-5-16/h14-16H,2-13H2,1H3,(H,19,23). The van der Waals surface area contributed by atoms with Crippen molar-refractivity contribution in [2.45, 2.75) is 57.9 Å². The Kier molecular flexibility index (Phi) is 5.57. The van der Waals surface area contributed by atoms with Crippen LogP contribution in [0.15, 0.2) is 0 Å². The van der Waals surface area contributed by atoms with Gasteiger partial charge in [0.2, 0.25) is 11.8 Å². The lowest BCUT2D eigenvalue weighted by molar-refractivity contribution is -0.132. The zero-order valence-corrected chi connectivity index (χ0v) is 14.4. The van der Waals surface area contributed by atoms with E-state index in [0.29, 0.717) is 19.1 Å². The van der Waals surface area contributed by atoms with Gasteiger partial charge in [-0.05, 0) is 51.1 Å². The van der Waals surface area contributed by atoms with E-state index in [0.717, 1.165) is 44.8 Å². The van der Waals surface area contributed by atoms with E-state index in [1.165, 1.54) is 25.7 Å². The van der Waals surface area contributed by atoms with Gasteiger partial charge in [-0.2, -0.15) is 0 Å². The number of hydrogen-bond acceptors (Lipinski definition) is 3. The summed E-state index contributed by atoms with van der Waals surface area (Å²) in [6, 6.07) is 0.377. The van der Waals surface area contributed by atoms with Gasteiger partial charge in [-0.3, -0.25) is 14.5 Å². The molecule has 0 spiro atoms. The first-order valence-electron chi connectivity index (χ1n) is 9.42. The molecule has 3 fully saturated rings. The van der Waals surface area contributed by atoms with E-state index in [1.807, 2.05) is 4.90 Å². The third-order valence-corrected chi connectivity index (χ3v) is 5.85. The minimum Gasteiger partial charge on any atom is -0.353 e. The largest absolute Gasteiger partial charge is 0.353 e. The molecule has 2 saturated heterocycles. The number of nitrogens with one attached hydrogen (secondary N) is 1. The number of carbonyl (C=O) groups excluding carboxylic acids is 2. The fourth-order valence-electron chi connectivity index (χ4n) is 4.10. The van der Waals surface area contributed by atoms with Crippen LogP contribution in [0.5, 0.6) is 0 Å². The summed E-state index contributed by atoms with van der Waals surface area (Å²) in [5.41, 5.74) is 0. The minimum absolute atomic E-state index is 0.000859. The van der Waals surface area contributed by atoms with Crippen LogP contribution < -0.4 is 5.32 Å². The maximum atomic E-state index is 12.5. The Morgan fingerprint density at radius 2 is 1.70 bits per heavy atom. The Morgan fingerprint density at radius 3 is 2.39 bits per heavy atom. The topological polar surface area (TPSA) is 52.7 Å². The maximum Gasteiger partial charge on any atom is 0.236 e. The Hall–Kier alpha value is -1.10. The fourth-order valence-corrected chi connectivity index (χ4v) is 4.10. The van der Waals surface area contributed by atoms with Gasteiger partial charge in [0, 0.05) is 19.1 Å². The van der Waals surface area contributed by atoms with Crippen molar-refractivity contribution in [2.75, 3.05) is 32.7 Å². The molecule has 0 bridgehead atoms. The van der Waals surface area contributed by atoms with Crippen LogP contribution in [0, 0.1) is 11.8 Å². The van der Waals surface area contributed by atoms with Crippen molar-refractivity contribution in [1.29, 1.82) is 0 Å². The highest BCUT2D eigenvalue weighted by atomic mass is 16.2. The molecule has 5 heteroatoms. The van der Waals surface area contributed by atoms with Crippen LogP contribution in [0.2, 0.25) is 0 Å². The van der Waals surface area contributed by atoms with E-state index in [2.05, 4.69) is 17.1 Å². The van der Waals surface area contributed by atoms with Gasteiger partial charge in [-0.25, -0.2) is 0 Å². The summed E-state index contributed by atoms with van der Waals surface area (Å²) in [5.74, 6) is 1.16. The van der Waals surface area contributed by atoms with E-state index < -0.39 is 0 Å². The lowest BCUT2D eigenvalue weighted by Gasteiger charge is -2.30. The molecule has 130 valence electrons. The molecule has 2 heterocycles. The summed E-state index contributed by atoms with van der Waals surface area (Å²) in [6.07, 6.45) is 7.91. The van der Waals surface area contributed by atoms with Gasteiger partial charge in [0.25, 0.3) is 0 Å². The monoisotopic (exact) mass is 321 g/mol. The number of hydrogen-bond donors (Lipinski definition) is 1. The number of carbonyl (C=O) groups is 2. The van der Waals surface area contributed by atoms with Crippen molar-refractivity contribution in [3.05, 3.63) is 0 Å². The molecule has 0 aromatic carbocycles. The van der Waals surface area contributed by atoms with Crippen molar-refractivity contribution in [3.63, 3.8) is 0 Å². The predicted molar refractivity (Wildman–Crippen MR) is 89.9 cm³/mol. The van der Waals surface area contributed by atoms with Gasteiger partial charge in [-0.1, -0.05) is 19.8 Å². The average molecular weight is 321 g/mol. The van der Waals surface area contributed by atoms with Crippen LogP contribution in [-0.4, -0.2) is 60.4 Å². The van der Waals surface area contributed by atoms with Crippen LogP contribution in [0.25, 0.3) is 0 Å². The molecular formula is C18H31N3O2. The van der Waals surface area contributed by atoms with Gasteiger partial charge >= 0.3 is 0 Å². The third-order valence-electron chi connectivity index (χ3n) is 5.85. The minimum atomic E-state index is 0.000859. The van der Waals surface area contributed by atoms with Gasteiger partial charge in [0.1, 0.15) is 0 Å². The van der Waals surface area contributed by atoms with Crippen LogP contribution in [0.1, 0.15) is 51.9 Å². The molecule has 1 saturated carbocycles. The first-order valence-corrected chi connectivity index (χ1v) is 9.42. The lowest BCUT2D eigenvalue weighted by atomic mass is 9.99.